The van der Waals surface area contributed by atoms with Gasteiger partial charge in [0, 0.05) is 5.57 Å². The van der Waals surface area contributed by atoms with Crippen LogP contribution in [0, 0.1) is 11.8 Å². The molecule has 0 fully saturated rings. The van der Waals surface area contributed by atoms with Crippen LogP contribution >= 0.6 is 0 Å². The fourth-order valence-corrected chi connectivity index (χ4v) is 1.43. The standard InChI is InChI=1S/C10H16N2/c1-6(2)9-8(5)11-12-10(9)7(3)4/h6-7H,5H2,1-4H3. The minimum Gasteiger partial charge on any atom is -0.154 e. The zero-order chi connectivity index (χ0) is 9.30. The Bertz CT molecular complexity index is 247. The van der Waals surface area contributed by atoms with Crippen molar-refractivity contribution >= 4 is 0 Å². The van der Waals surface area contributed by atoms with Crippen LogP contribution in [-0.2, 0) is 0 Å². The average molecular weight is 164 g/mol. The molecule has 0 N–H and O–H groups in total. The summed E-state index contributed by atoms with van der Waals surface area (Å²) in [6.07, 6.45) is 0. The highest BCUT2D eigenvalue weighted by Crippen LogP contribution is 2.33. The zero-order valence-electron chi connectivity index (χ0n) is 8.26. The van der Waals surface area contributed by atoms with Crippen LogP contribution in [-0.4, -0.2) is 0 Å². The van der Waals surface area contributed by atoms with E-state index < -0.39 is 0 Å². The Balaban J connectivity index is 3.05. The highest BCUT2D eigenvalue weighted by atomic mass is 15.1. The molecule has 0 radical (unpaired) electrons. The van der Waals surface area contributed by atoms with E-state index in [4.69, 9.17) is 0 Å². The van der Waals surface area contributed by atoms with Gasteiger partial charge >= 0.3 is 0 Å². The molecule has 0 amide bonds. The number of hydrogen-bond donors (Lipinski definition) is 0. The molecule has 0 aromatic rings. The second-order valence-electron chi connectivity index (χ2n) is 3.76. The topological polar surface area (TPSA) is 24.7 Å². The van der Waals surface area contributed by atoms with Gasteiger partial charge in [-0.2, -0.15) is 10.2 Å². The summed E-state index contributed by atoms with van der Waals surface area (Å²) in [5.74, 6) is 0.926. The lowest BCUT2D eigenvalue weighted by atomic mass is 9.95. The normalized spacial score (nSPS) is 17.3. The molecule has 0 saturated heterocycles. The lowest BCUT2D eigenvalue weighted by molar-refractivity contribution is 0.703. The first-order chi connectivity index (χ1) is 5.54. The average Bonchev–Trinajstić information content (AvgIpc) is 2.30. The Morgan fingerprint density at radius 3 is 1.92 bits per heavy atom. The summed E-state index contributed by atoms with van der Waals surface area (Å²) >= 11 is 0. The van der Waals surface area contributed by atoms with Gasteiger partial charge in [-0.3, -0.25) is 0 Å². The van der Waals surface area contributed by atoms with Gasteiger partial charge in [0.15, 0.2) is 0 Å². The fraction of sp³-hybridized carbons (Fsp3) is 0.600. The summed E-state index contributed by atoms with van der Waals surface area (Å²) in [5, 5.41) is 8.12. The van der Waals surface area contributed by atoms with E-state index in [2.05, 4.69) is 44.5 Å². The van der Waals surface area contributed by atoms with Crippen molar-refractivity contribution in [2.45, 2.75) is 27.7 Å². The second kappa shape index (κ2) is 3.21. The van der Waals surface area contributed by atoms with E-state index in [-0.39, 0.29) is 0 Å². The minimum absolute atomic E-state index is 0.449. The molecule has 1 rings (SSSR count). The number of azo groups is 1. The SMILES string of the molecule is C=C1N=NC(C(C)C)=C1C(C)C. The summed E-state index contributed by atoms with van der Waals surface area (Å²) in [6.45, 7) is 12.4. The van der Waals surface area contributed by atoms with Crippen LogP contribution in [0.1, 0.15) is 27.7 Å². The zero-order valence-corrected chi connectivity index (χ0v) is 8.26. The van der Waals surface area contributed by atoms with Crippen molar-refractivity contribution in [1.82, 2.24) is 0 Å². The second-order valence-corrected chi connectivity index (χ2v) is 3.76. The van der Waals surface area contributed by atoms with Crippen molar-refractivity contribution in [2.24, 2.45) is 22.1 Å². The van der Waals surface area contributed by atoms with Crippen LogP contribution in [0.4, 0.5) is 0 Å². The molecule has 0 aliphatic carbocycles. The molecule has 0 spiro atoms. The summed E-state index contributed by atoms with van der Waals surface area (Å²) in [5.41, 5.74) is 3.17. The predicted octanol–water partition coefficient (Wildman–Crippen LogP) is 3.53. The largest absolute Gasteiger partial charge is 0.154 e. The fourth-order valence-electron chi connectivity index (χ4n) is 1.43. The molecule has 2 nitrogen and oxygen atoms in total. The molecule has 1 aliphatic heterocycles. The molecule has 1 aliphatic rings. The minimum atomic E-state index is 0.449. The third kappa shape index (κ3) is 1.47. The van der Waals surface area contributed by atoms with Gasteiger partial charge in [0.2, 0.25) is 0 Å². The molecule has 0 aromatic heterocycles. The van der Waals surface area contributed by atoms with Gasteiger partial charge in [-0.25, -0.2) is 0 Å². The van der Waals surface area contributed by atoms with Gasteiger partial charge in [-0.15, -0.1) is 0 Å². The third-order valence-electron chi connectivity index (χ3n) is 1.99. The summed E-state index contributed by atoms with van der Waals surface area (Å²) in [6, 6.07) is 0. The Labute approximate surface area is 74.1 Å². The maximum atomic E-state index is 4.12. The quantitative estimate of drug-likeness (QED) is 0.596. The molecule has 0 aromatic carbocycles. The molecule has 2 heteroatoms. The highest BCUT2D eigenvalue weighted by molar-refractivity contribution is 5.37. The van der Waals surface area contributed by atoms with Crippen molar-refractivity contribution in [1.29, 1.82) is 0 Å². The van der Waals surface area contributed by atoms with Crippen LogP contribution in [0.25, 0.3) is 0 Å². The third-order valence-corrected chi connectivity index (χ3v) is 1.99. The smallest absolute Gasteiger partial charge is 0.0838 e. The first kappa shape index (κ1) is 9.17. The van der Waals surface area contributed by atoms with Crippen LogP contribution < -0.4 is 0 Å². The molecule has 0 unspecified atom stereocenters. The van der Waals surface area contributed by atoms with Gasteiger partial charge in [-0.05, 0) is 11.8 Å². The Kier molecular flexibility index (Phi) is 2.46. The van der Waals surface area contributed by atoms with Crippen LogP contribution in [0.15, 0.2) is 33.8 Å². The van der Waals surface area contributed by atoms with Crippen LogP contribution in [0.2, 0.25) is 0 Å². The lowest BCUT2D eigenvalue weighted by Gasteiger charge is -2.10. The van der Waals surface area contributed by atoms with E-state index in [0.29, 0.717) is 11.8 Å². The van der Waals surface area contributed by atoms with Gasteiger partial charge in [0.1, 0.15) is 0 Å². The van der Waals surface area contributed by atoms with Crippen molar-refractivity contribution < 1.29 is 0 Å². The lowest BCUT2D eigenvalue weighted by Crippen LogP contribution is -2.00. The molecular formula is C10H16N2. The van der Waals surface area contributed by atoms with E-state index in [9.17, 15) is 0 Å². The number of nitrogens with zero attached hydrogens (tertiary/aromatic N) is 2. The Hall–Kier alpha value is -0.920. The van der Waals surface area contributed by atoms with E-state index in [1.54, 1.807) is 0 Å². The molecule has 0 saturated carbocycles. The van der Waals surface area contributed by atoms with Crippen molar-refractivity contribution in [3.63, 3.8) is 0 Å². The molecule has 12 heavy (non-hydrogen) atoms. The van der Waals surface area contributed by atoms with Crippen molar-refractivity contribution in [3.05, 3.63) is 23.5 Å². The highest BCUT2D eigenvalue weighted by Gasteiger charge is 2.20. The van der Waals surface area contributed by atoms with E-state index >= 15 is 0 Å². The molecular weight excluding hydrogens is 148 g/mol. The van der Waals surface area contributed by atoms with E-state index in [1.807, 2.05) is 0 Å². The maximum Gasteiger partial charge on any atom is 0.0838 e. The Morgan fingerprint density at radius 2 is 1.58 bits per heavy atom. The number of hydrogen-bond acceptors (Lipinski definition) is 2. The van der Waals surface area contributed by atoms with Gasteiger partial charge in [0.25, 0.3) is 0 Å². The monoisotopic (exact) mass is 164 g/mol. The van der Waals surface area contributed by atoms with E-state index in [0.717, 1.165) is 11.4 Å². The molecule has 66 valence electrons. The van der Waals surface area contributed by atoms with Crippen LogP contribution in [0.5, 0.6) is 0 Å². The van der Waals surface area contributed by atoms with Gasteiger partial charge < -0.3 is 0 Å². The maximum absolute atomic E-state index is 4.12. The van der Waals surface area contributed by atoms with Crippen molar-refractivity contribution in [2.75, 3.05) is 0 Å². The molecule has 1 heterocycles. The Morgan fingerprint density at radius 1 is 1.00 bits per heavy atom. The molecule has 0 atom stereocenters. The van der Waals surface area contributed by atoms with Gasteiger partial charge in [0.05, 0.1) is 11.4 Å². The van der Waals surface area contributed by atoms with Crippen LogP contribution in [0.3, 0.4) is 0 Å². The van der Waals surface area contributed by atoms with E-state index in [1.165, 1.54) is 5.57 Å². The number of allylic oxidation sites excluding steroid dienone is 2. The molecule has 0 bridgehead atoms. The number of rotatable bonds is 2. The van der Waals surface area contributed by atoms with Crippen molar-refractivity contribution in [3.8, 4) is 0 Å². The predicted molar refractivity (Wildman–Crippen MR) is 50.7 cm³/mol. The summed E-state index contributed by atoms with van der Waals surface area (Å²) in [4.78, 5) is 0. The van der Waals surface area contributed by atoms with Gasteiger partial charge in [-0.1, -0.05) is 34.3 Å². The first-order valence-corrected chi connectivity index (χ1v) is 4.39. The summed E-state index contributed by atoms with van der Waals surface area (Å²) in [7, 11) is 0. The summed E-state index contributed by atoms with van der Waals surface area (Å²) < 4.78 is 0. The first-order valence-electron chi connectivity index (χ1n) is 4.39.